The number of nitrogens with one attached hydrogen (secondary N) is 1. The highest BCUT2D eigenvalue weighted by Crippen LogP contribution is 2.23. The van der Waals surface area contributed by atoms with Crippen molar-refractivity contribution < 1.29 is 9.59 Å². The van der Waals surface area contributed by atoms with Crippen LogP contribution in [0.1, 0.15) is 36.9 Å². The van der Waals surface area contributed by atoms with Crippen LogP contribution in [0, 0.1) is 0 Å². The molecular weight excluding hydrogens is 274 g/mol. The van der Waals surface area contributed by atoms with E-state index in [4.69, 9.17) is 18.0 Å². The molecule has 5 nitrogen and oxygen atoms in total. The van der Waals surface area contributed by atoms with Crippen LogP contribution in [0.5, 0.6) is 0 Å². The monoisotopic (exact) mass is 291 g/mol. The predicted octanol–water partition coefficient (Wildman–Crippen LogP) is 1.69. The topological polar surface area (TPSA) is 75.4 Å². The first-order valence-electron chi connectivity index (χ1n) is 6.40. The van der Waals surface area contributed by atoms with Gasteiger partial charge in [0.1, 0.15) is 6.04 Å². The van der Waals surface area contributed by atoms with E-state index < -0.39 is 12.1 Å². The van der Waals surface area contributed by atoms with Crippen LogP contribution in [0.3, 0.4) is 0 Å². The number of benzene rings is 1. The lowest BCUT2D eigenvalue weighted by Crippen LogP contribution is -2.37. The number of carbonyl (C=O) groups is 2. The van der Waals surface area contributed by atoms with E-state index in [1.54, 1.807) is 0 Å². The minimum atomic E-state index is -0.655. The van der Waals surface area contributed by atoms with E-state index in [0.717, 1.165) is 10.5 Å². The van der Waals surface area contributed by atoms with Gasteiger partial charge >= 0.3 is 6.03 Å². The normalized spacial score (nSPS) is 18.6. The SMILES string of the molecule is CC(C)c1ccc(C2NC(=O)N(CC(N)=S)C2=O)cc1. The maximum atomic E-state index is 12.2. The predicted molar refractivity (Wildman–Crippen MR) is 80.3 cm³/mol. The van der Waals surface area contributed by atoms with Crippen molar-refractivity contribution >= 4 is 29.1 Å². The third kappa shape index (κ3) is 2.80. The molecule has 106 valence electrons. The van der Waals surface area contributed by atoms with Crippen LogP contribution in [-0.2, 0) is 4.79 Å². The molecule has 1 aromatic carbocycles. The van der Waals surface area contributed by atoms with Gasteiger partial charge in [-0.05, 0) is 17.0 Å². The fraction of sp³-hybridized carbons (Fsp3) is 0.357. The number of urea groups is 1. The molecule has 1 heterocycles. The highest BCUT2D eigenvalue weighted by molar-refractivity contribution is 7.80. The summed E-state index contributed by atoms with van der Waals surface area (Å²) in [7, 11) is 0. The molecule has 0 radical (unpaired) electrons. The van der Waals surface area contributed by atoms with E-state index in [2.05, 4.69) is 19.2 Å². The Morgan fingerprint density at radius 3 is 2.45 bits per heavy atom. The van der Waals surface area contributed by atoms with Crippen molar-refractivity contribution in [1.82, 2.24) is 10.2 Å². The van der Waals surface area contributed by atoms with Gasteiger partial charge in [0.05, 0.1) is 11.5 Å². The molecule has 0 aromatic heterocycles. The summed E-state index contributed by atoms with van der Waals surface area (Å²) in [6.45, 7) is 4.17. The van der Waals surface area contributed by atoms with Gasteiger partial charge in [0, 0.05) is 0 Å². The molecule has 20 heavy (non-hydrogen) atoms. The molecule has 1 aromatic rings. The molecular formula is C14H17N3O2S. The average Bonchev–Trinajstić information content (AvgIpc) is 2.66. The van der Waals surface area contributed by atoms with Gasteiger partial charge in [-0.15, -0.1) is 0 Å². The zero-order valence-electron chi connectivity index (χ0n) is 11.4. The molecule has 3 amide bonds. The number of hydrogen-bond acceptors (Lipinski definition) is 3. The van der Waals surface area contributed by atoms with Crippen molar-refractivity contribution in [2.24, 2.45) is 5.73 Å². The summed E-state index contributed by atoms with van der Waals surface area (Å²) in [6, 6.07) is 6.55. The van der Waals surface area contributed by atoms with Crippen molar-refractivity contribution in [1.29, 1.82) is 0 Å². The maximum Gasteiger partial charge on any atom is 0.325 e. The minimum absolute atomic E-state index is 0.0272. The van der Waals surface area contributed by atoms with Crippen molar-refractivity contribution in [3.8, 4) is 0 Å². The molecule has 1 aliphatic heterocycles. The van der Waals surface area contributed by atoms with Crippen molar-refractivity contribution in [2.45, 2.75) is 25.8 Å². The minimum Gasteiger partial charge on any atom is -0.392 e. The third-order valence-corrected chi connectivity index (χ3v) is 3.41. The van der Waals surface area contributed by atoms with Gasteiger partial charge in [-0.2, -0.15) is 0 Å². The van der Waals surface area contributed by atoms with E-state index >= 15 is 0 Å². The zero-order chi connectivity index (χ0) is 14.9. The maximum absolute atomic E-state index is 12.2. The lowest BCUT2D eigenvalue weighted by molar-refractivity contribution is -0.127. The van der Waals surface area contributed by atoms with E-state index in [1.165, 1.54) is 5.56 Å². The van der Waals surface area contributed by atoms with Crippen LogP contribution >= 0.6 is 12.2 Å². The number of carbonyl (C=O) groups excluding carboxylic acids is 2. The van der Waals surface area contributed by atoms with Gasteiger partial charge in [0.15, 0.2) is 0 Å². The van der Waals surface area contributed by atoms with Gasteiger partial charge in [-0.25, -0.2) is 4.79 Å². The summed E-state index contributed by atoms with van der Waals surface area (Å²) < 4.78 is 0. The second-order valence-corrected chi connectivity index (χ2v) is 5.62. The fourth-order valence-corrected chi connectivity index (χ4v) is 2.25. The Morgan fingerprint density at radius 1 is 1.35 bits per heavy atom. The first-order chi connectivity index (χ1) is 9.40. The van der Waals surface area contributed by atoms with Crippen LogP contribution in [0.25, 0.3) is 0 Å². The highest BCUT2D eigenvalue weighted by atomic mass is 32.1. The largest absolute Gasteiger partial charge is 0.392 e. The average molecular weight is 291 g/mol. The van der Waals surface area contributed by atoms with Crippen LogP contribution in [0.15, 0.2) is 24.3 Å². The molecule has 0 aliphatic carbocycles. The number of imide groups is 1. The lowest BCUT2D eigenvalue weighted by atomic mass is 9.99. The first kappa shape index (κ1) is 14.5. The van der Waals surface area contributed by atoms with Gasteiger partial charge in [-0.1, -0.05) is 50.3 Å². The van der Waals surface area contributed by atoms with Gasteiger partial charge in [0.25, 0.3) is 5.91 Å². The molecule has 1 aliphatic rings. The van der Waals surface area contributed by atoms with E-state index in [1.807, 2.05) is 24.3 Å². The van der Waals surface area contributed by atoms with E-state index in [9.17, 15) is 9.59 Å². The third-order valence-electron chi connectivity index (χ3n) is 3.28. The highest BCUT2D eigenvalue weighted by Gasteiger charge is 2.38. The van der Waals surface area contributed by atoms with Crippen LogP contribution in [0.2, 0.25) is 0 Å². The summed E-state index contributed by atoms with van der Waals surface area (Å²) in [6.07, 6.45) is 0. The summed E-state index contributed by atoms with van der Waals surface area (Å²) >= 11 is 4.74. The van der Waals surface area contributed by atoms with Crippen LogP contribution < -0.4 is 11.1 Å². The Bertz CT molecular complexity index is 554. The fourth-order valence-electron chi connectivity index (χ4n) is 2.12. The molecule has 3 N–H and O–H groups in total. The Hall–Kier alpha value is -1.95. The molecule has 0 saturated carbocycles. The summed E-state index contributed by atoms with van der Waals surface area (Å²) in [5.74, 6) is 0.101. The second-order valence-electron chi connectivity index (χ2n) is 5.09. The van der Waals surface area contributed by atoms with Crippen LogP contribution in [-0.4, -0.2) is 28.4 Å². The Labute approximate surface area is 123 Å². The Kier molecular flexibility index (Phi) is 4.04. The van der Waals surface area contributed by atoms with Gasteiger partial charge in [0.2, 0.25) is 0 Å². The second kappa shape index (κ2) is 5.58. The number of rotatable bonds is 4. The number of thiocarbonyl (C=S) groups is 1. The molecule has 0 spiro atoms. The summed E-state index contributed by atoms with van der Waals surface area (Å²) in [4.78, 5) is 25.1. The summed E-state index contributed by atoms with van der Waals surface area (Å²) in [5, 5.41) is 2.65. The number of hydrogen-bond donors (Lipinski definition) is 2. The number of amides is 3. The van der Waals surface area contributed by atoms with E-state index in [0.29, 0.717) is 5.92 Å². The quantitative estimate of drug-likeness (QED) is 0.654. The number of nitrogens with zero attached hydrogens (tertiary/aromatic N) is 1. The molecule has 1 fully saturated rings. The zero-order valence-corrected chi connectivity index (χ0v) is 12.2. The van der Waals surface area contributed by atoms with E-state index in [-0.39, 0.29) is 17.4 Å². The van der Waals surface area contributed by atoms with Gasteiger partial charge in [-0.3, -0.25) is 9.69 Å². The number of nitrogens with two attached hydrogens (primary N) is 1. The summed E-state index contributed by atoms with van der Waals surface area (Å²) in [5.41, 5.74) is 7.34. The lowest BCUT2D eigenvalue weighted by Gasteiger charge is -2.12. The molecule has 1 unspecified atom stereocenters. The molecule has 1 atom stereocenters. The van der Waals surface area contributed by atoms with Crippen molar-refractivity contribution in [2.75, 3.05) is 6.54 Å². The standard InChI is InChI=1S/C14H17N3O2S/c1-8(2)9-3-5-10(6-4-9)12-13(18)17(7-11(15)20)14(19)16-12/h3-6,8,12H,7H2,1-2H3,(H2,15,20)(H,16,19). The Balaban J connectivity index is 2.19. The smallest absolute Gasteiger partial charge is 0.325 e. The Morgan fingerprint density at radius 2 is 1.95 bits per heavy atom. The van der Waals surface area contributed by atoms with Crippen molar-refractivity contribution in [3.63, 3.8) is 0 Å². The van der Waals surface area contributed by atoms with Crippen LogP contribution in [0.4, 0.5) is 4.79 Å². The first-order valence-corrected chi connectivity index (χ1v) is 6.81. The van der Waals surface area contributed by atoms with Crippen molar-refractivity contribution in [3.05, 3.63) is 35.4 Å². The molecule has 0 bridgehead atoms. The molecule has 2 rings (SSSR count). The molecule has 6 heteroatoms. The molecule has 1 saturated heterocycles. The van der Waals surface area contributed by atoms with Gasteiger partial charge < -0.3 is 11.1 Å².